The topological polar surface area (TPSA) is 8.17 Å². The van der Waals surface area contributed by atoms with Crippen LogP contribution < -0.4 is 4.90 Å². The van der Waals surface area contributed by atoms with E-state index in [1.807, 2.05) is 0 Å². The summed E-state index contributed by atoms with van der Waals surface area (Å²) in [6.07, 6.45) is 0. The van der Waals surface area contributed by atoms with Crippen molar-refractivity contribution in [3.63, 3.8) is 0 Å². The van der Waals surface area contributed by atoms with Crippen LogP contribution in [0.1, 0.15) is 0 Å². The van der Waals surface area contributed by atoms with E-state index in [2.05, 4.69) is 228 Å². The minimum atomic E-state index is 1.09. The standard InChI is InChI=1S/C52H36N2/c1-4-16-37(17-5-1)38-28-30-41(31-29-38)44-23-12-14-26-49(44)54(52-45-24-11-10-20-40(45)32-34-46(52)39-18-6-2-7-19-39)43-33-35-48-47-25-13-15-27-50(47)53(51(48)36-43)42-21-8-3-9-22-42/h1-36H. The number of hydrogen-bond acceptors (Lipinski definition) is 1. The van der Waals surface area contributed by atoms with Gasteiger partial charge in [-0.1, -0.05) is 182 Å². The Morgan fingerprint density at radius 3 is 1.67 bits per heavy atom. The van der Waals surface area contributed by atoms with Crippen molar-refractivity contribution in [2.24, 2.45) is 0 Å². The van der Waals surface area contributed by atoms with Crippen LogP contribution in [0.15, 0.2) is 218 Å². The maximum Gasteiger partial charge on any atom is 0.0618 e. The first-order valence-electron chi connectivity index (χ1n) is 18.5. The molecule has 0 bridgehead atoms. The van der Waals surface area contributed by atoms with Crippen LogP contribution in [0.4, 0.5) is 17.1 Å². The Morgan fingerprint density at radius 2 is 0.889 bits per heavy atom. The van der Waals surface area contributed by atoms with Gasteiger partial charge in [-0.25, -0.2) is 0 Å². The summed E-state index contributed by atoms with van der Waals surface area (Å²) in [6.45, 7) is 0. The predicted molar refractivity (Wildman–Crippen MR) is 229 cm³/mol. The molecule has 0 saturated carbocycles. The molecule has 54 heavy (non-hydrogen) atoms. The van der Waals surface area contributed by atoms with Crippen molar-refractivity contribution in [1.29, 1.82) is 0 Å². The monoisotopic (exact) mass is 688 g/mol. The molecular weight excluding hydrogens is 653 g/mol. The van der Waals surface area contributed by atoms with Crippen LogP contribution in [0.5, 0.6) is 0 Å². The highest BCUT2D eigenvalue weighted by Crippen LogP contribution is 2.49. The normalized spacial score (nSPS) is 11.3. The highest BCUT2D eigenvalue weighted by molar-refractivity contribution is 6.12. The van der Waals surface area contributed by atoms with Gasteiger partial charge >= 0.3 is 0 Å². The molecule has 0 aliphatic heterocycles. The van der Waals surface area contributed by atoms with Gasteiger partial charge in [0.15, 0.2) is 0 Å². The van der Waals surface area contributed by atoms with Gasteiger partial charge in [0.25, 0.3) is 0 Å². The fourth-order valence-electron chi connectivity index (χ4n) is 8.07. The first kappa shape index (κ1) is 31.6. The molecule has 10 rings (SSSR count). The molecule has 0 N–H and O–H groups in total. The summed E-state index contributed by atoms with van der Waals surface area (Å²) in [7, 11) is 0. The van der Waals surface area contributed by atoms with Crippen LogP contribution in [0.25, 0.3) is 71.6 Å². The zero-order chi connectivity index (χ0) is 35.8. The number of aromatic nitrogens is 1. The smallest absolute Gasteiger partial charge is 0.0618 e. The summed E-state index contributed by atoms with van der Waals surface area (Å²) in [4.78, 5) is 2.50. The molecule has 0 fully saturated rings. The van der Waals surface area contributed by atoms with E-state index in [9.17, 15) is 0 Å². The third-order valence-corrected chi connectivity index (χ3v) is 10.6. The molecular formula is C52H36N2. The fourth-order valence-corrected chi connectivity index (χ4v) is 8.07. The lowest BCUT2D eigenvalue weighted by Crippen LogP contribution is -2.13. The van der Waals surface area contributed by atoms with Gasteiger partial charge in [0.2, 0.25) is 0 Å². The van der Waals surface area contributed by atoms with E-state index in [-0.39, 0.29) is 0 Å². The van der Waals surface area contributed by atoms with Crippen molar-refractivity contribution in [2.75, 3.05) is 4.90 Å². The van der Waals surface area contributed by atoms with Crippen LogP contribution >= 0.6 is 0 Å². The average Bonchev–Trinajstić information content (AvgIpc) is 3.59. The third kappa shape index (κ3) is 5.44. The van der Waals surface area contributed by atoms with Crippen molar-refractivity contribution in [3.05, 3.63) is 218 Å². The predicted octanol–water partition coefficient (Wildman–Crippen LogP) is 14.4. The van der Waals surface area contributed by atoms with Crippen LogP contribution in [-0.2, 0) is 0 Å². The zero-order valence-corrected chi connectivity index (χ0v) is 29.7. The Hall–Kier alpha value is -7.16. The molecule has 0 aliphatic carbocycles. The molecule has 9 aromatic carbocycles. The van der Waals surface area contributed by atoms with Crippen LogP contribution in [-0.4, -0.2) is 4.57 Å². The first-order chi connectivity index (χ1) is 26.8. The summed E-state index contributed by atoms with van der Waals surface area (Å²) < 4.78 is 2.40. The molecule has 0 atom stereocenters. The van der Waals surface area contributed by atoms with Crippen molar-refractivity contribution in [3.8, 4) is 39.1 Å². The summed E-state index contributed by atoms with van der Waals surface area (Å²) in [5.41, 5.74) is 13.9. The van der Waals surface area contributed by atoms with E-state index in [1.54, 1.807) is 0 Å². The maximum atomic E-state index is 2.50. The second-order valence-electron chi connectivity index (χ2n) is 13.7. The second-order valence-corrected chi connectivity index (χ2v) is 13.7. The van der Waals surface area contributed by atoms with Gasteiger partial charge < -0.3 is 9.47 Å². The second kappa shape index (κ2) is 13.4. The van der Waals surface area contributed by atoms with E-state index < -0.39 is 0 Å². The zero-order valence-electron chi connectivity index (χ0n) is 29.7. The molecule has 254 valence electrons. The largest absolute Gasteiger partial charge is 0.309 e. The van der Waals surface area contributed by atoms with Gasteiger partial charge in [0, 0.05) is 38.7 Å². The summed E-state index contributed by atoms with van der Waals surface area (Å²) in [6, 6.07) is 79.0. The highest BCUT2D eigenvalue weighted by atomic mass is 15.2. The highest BCUT2D eigenvalue weighted by Gasteiger charge is 2.24. The molecule has 2 nitrogen and oxygen atoms in total. The van der Waals surface area contributed by atoms with E-state index in [0.29, 0.717) is 0 Å². The van der Waals surface area contributed by atoms with Crippen molar-refractivity contribution in [1.82, 2.24) is 4.57 Å². The number of para-hydroxylation sites is 3. The molecule has 2 heteroatoms. The Kier molecular flexibility index (Phi) is 7.85. The number of rotatable bonds is 7. The minimum absolute atomic E-state index is 1.09. The quantitative estimate of drug-likeness (QED) is 0.162. The molecule has 0 radical (unpaired) electrons. The summed E-state index contributed by atoms with van der Waals surface area (Å²) in [5.74, 6) is 0. The molecule has 0 unspecified atom stereocenters. The Morgan fingerprint density at radius 1 is 0.333 bits per heavy atom. The molecule has 10 aromatic rings. The number of hydrogen-bond donors (Lipinski definition) is 0. The van der Waals surface area contributed by atoms with Gasteiger partial charge in [-0.15, -0.1) is 0 Å². The maximum absolute atomic E-state index is 2.50. The molecule has 0 saturated heterocycles. The van der Waals surface area contributed by atoms with Gasteiger partial charge in [-0.3, -0.25) is 0 Å². The molecule has 0 amide bonds. The van der Waals surface area contributed by atoms with E-state index in [4.69, 9.17) is 0 Å². The first-order valence-corrected chi connectivity index (χ1v) is 18.5. The fraction of sp³-hybridized carbons (Fsp3) is 0. The van der Waals surface area contributed by atoms with Crippen LogP contribution in [0, 0.1) is 0 Å². The van der Waals surface area contributed by atoms with Crippen molar-refractivity contribution < 1.29 is 0 Å². The molecule has 1 heterocycles. The third-order valence-electron chi connectivity index (χ3n) is 10.6. The lowest BCUT2D eigenvalue weighted by molar-refractivity contribution is 1.18. The minimum Gasteiger partial charge on any atom is -0.309 e. The van der Waals surface area contributed by atoms with Gasteiger partial charge in [-0.2, -0.15) is 0 Å². The molecule has 1 aromatic heterocycles. The SMILES string of the molecule is c1ccc(-c2ccc(-c3ccccc3N(c3ccc4c5ccccc5n(-c5ccccc5)c4c3)c3c(-c4ccccc4)ccc4ccccc34)cc2)cc1. The lowest BCUT2D eigenvalue weighted by atomic mass is 9.94. The van der Waals surface area contributed by atoms with Gasteiger partial charge in [-0.05, 0) is 64.0 Å². The van der Waals surface area contributed by atoms with E-state index >= 15 is 0 Å². The number of fused-ring (bicyclic) bond motifs is 4. The van der Waals surface area contributed by atoms with E-state index in [1.165, 1.54) is 49.3 Å². The Labute approximate surface area is 315 Å². The molecule has 0 spiro atoms. The molecule has 0 aliphatic rings. The average molecular weight is 689 g/mol. The van der Waals surface area contributed by atoms with Crippen LogP contribution in [0.2, 0.25) is 0 Å². The van der Waals surface area contributed by atoms with Gasteiger partial charge in [0.05, 0.1) is 22.4 Å². The summed E-state index contributed by atoms with van der Waals surface area (Å²) in [5, 5.41) is 4.85. The Balaban J connectivity index is 1.27. The number of benzene rings is 9. The van der Waals surface area contributed by atoms with Gasteiger partial charge in [0.1, 0.15) is 0 Å². The number of anilines is 3. The van der Waals surface area contributed by atoms with E-state index in [0.717, 1.165) is 39.4 Å². The van der Waals surface area contributed by atoms with Crippen molar-refractivity contribution in [2.45, 2.75) is 0 Å². The lowest BCUT2D eigenvalue weighted by Gasteiger charge is -2.31. The summed E-state index contributed by atoms with van der Waals surface area (Å²) >= 11 is 0. The number of nitrogens with zero attached hydrogens (tertiary/aromatic N) is 2. The van der Waals surface area contributed by atoms with Crippen molar-refractivity contribution >= 4 is 49.6 Å². The Bertz CT molecular complexity index is 2910. The van der Waals surface area contributed by atoms with Crippen LogP contribution in [0.3, 0.4) is 0 Å².